The Morgan fingerprint density at radius 3 is 2.74 bits per heavy atom. The number of carboxylic acid groups (broad SMARTS) is 1. The zero-order valence-corrected chi connectivity index (χ0v) is 10.8. The third-order valence-corrected chi connectivity index (χ3v) is 3.36. The Morgan fingerprint density at radius 2 is 2.11 bits per heavy atom. The maximum atomic E-state index is 12.3. The van der Waals surface area contributed by atoms with Gasteiger partial charge in [-0.3, -0.25) is 9.59 Å². The average molecular weight is 269 g/mol. The van der Waals surface area contributed by atoms with E-state index >= 15 is 0 Å². The summed E-state index contributed by atoms with van der Waals surface area (Å²) in [4.78, 5) is 37.3. The van der Waals surface area contributed by atoms with E-state index < -0.39 is 5.97 Å². The van der Waals surface area contributed by atoms with Gasteiger partial charge < -0.3 is 20.2 Å². The Bertz CT molecular complexity index is 381. The van der Waals surface area contributed by atoms with Crippen molar-refractivity contribution in [3.05, 3.63) is 0 Å². The molecule has 2 aliphatic rings. The monoisotopic (exact) mass is 269 g/mol. The molecule has 3 amide bonds. The molecule has 0 unspecified atom stereocenters. The van der Waals surface area contributed by atoms with Crippen molar-refractivity contribution >= 4 is 17.9 Å². The molecular formula is C12H19N3O4. The van der Waals surface area contributed by atoms with Crippen LogP contribution in [0.15, 0.2) is 0 Å². The number of carboxylic acids is 1. The van der Waals surface area contributed by atoms with Gasteiger partial charge in [0.1, 0.15) is 6.54 Å². The number of rotatable bonds is 4. The molecule has 106 valence electrons. The highest BCUT2D eigenvalue weighted by atomic mass is 16.4. The van der Waals surface area contributed by atoms with Crippen molar-refractivity contribution in [2.45, 2.75) is 19.3 Å². The number of nitrogens with one attached hydrogen (secondary N) is 1. The minimum absolute atomic E-state index is 0.0673. The predicted octanol–water partition coefficient (Wildman–Crippen LogP) is -0.275. The summed E-state index contributed by atoms with van der Waals surface area (Å²) < 4.78 is 0. The van der Waals surface area contributed by atoms with Gasteiger partial charge in [0.05, 0.1) is 0 Å². The first kappa shape index (κ1) is 13.6. The lowest BCUT2D eigenvalue weighted by molar-refractivity contribution is -0.137. The van der Waals surface area contributed by atoms with Gasteiger partial charge in [-0.1, -0.05) is 0 Å². The molecule has 0 atom stereocenters. The number of carbonyl (C=O) groups is 3. The van der Waals surface area contributed by atoms with Crippen LogP contribution in [0.1, 0.15) is 19.3 Å². The van der Waals surface area contributed by atoms with Crippen LogP contribution < -0.4 is 5.32 Å². The maximum Gasteiger partial charge on any atom is 0.323 e. The fourth-order valence-electron chi connectivity index (χ4n) is 2.14. The number of nitrogens with zero attached hydrogens (tertiary/aromatic N) is 2. The molecule has 2 N–H and O–H groups in total. The van der Waals surface area contributed by atoms with E-state index in [1.807, 2.05) is 0 Å². The maximum absolute atomic E-state index is 12.3. The predicted molar refractivity (Wildman–Crippen MR) is 66.5 cm³/mol. The van der Waals surface area contributed by atoms with Crippen LogP contribution in [0.5, 0.6) is 0 Å². The van der Waals surface area contributed by atoms with E-state index in [4.69, 9.17) is 5.11 Å². The molecule has 0 bridgehead atoms. The first-order valence-corrected chi connectivity index (χ1v) is 6.58. The molecular weight excluding hydrogens is 250 g/mol. The summed E-state index contributed by atoms with van der Waals surface area (Å²) in [6.07, 6.45) is 2.39. The molecule has 7 nitrogen and oxygen atoms in total. The summed E-state index contributed by atoms with van der Waals surface area (Å²) in [7, 11) is 0. The molecule has 0 radical (unpaired) electrons. The van der Waals surface area contributed by atoms with Crippen molar-refractivity contribution in [1.29, 1.82) is 0 Å². The molecule has 0 aromatic rings. The van der Waals surface area contributed by atoms with Crippen LogP contribution in [0.2, 0.25) is 0 Å². The van der Waals surface area contributed by atoms with Gasteiger partial charge in [0.15, 0.2) is 0 Å². The Morgan fingerprint density at radius 1 is 1.37 bits per heavy atom. The van der Waals surface area contributed by atoms with Crippen LogP contribution in [0.25, 0.3) is 0 Å². The number of urea groups is 1. The fraction of sp³-hybridized carbons (Fsp3) is 0.750. The largest absolute Gasteiger partial charge is 0.480 e. The van der Waals surface area contributed by atoms with Gasteiger partial charge in [-0.25, -0.2) is 4.79 Å². The van der Waals surface area contributed by atoms with E-state index in [0.717, 1.165) is 12.8 Å². The number of amides is 3. The van der Waals surface area contributed by atoms with E-state index in [1.165, 1.54) is 4.90 Å². The highest BCUT2D eigenvalue weighted by molar-refractivity contribution is 5.82. The summed E-state index contributed by atoms with van der Waals surface area (Å²) in [5.41, 5.74) is 0. The molecule has 1 saturated carbocycles. The Labute approximate surface area is 111 Å². The highest BCUT2D eigenvalue weighted by Crippen LogP contribution is 2.30. The smallest absolute Gasteiger partial charge is 0.323 e. The lowest BCUT2D eigenvalue weighted by atomic mass is 10.3. The fourth-order valence-corrected chi connectivity index (χ4v) is 2.14. The van der Waals surface area contributed by atoms with Gasteiger partial charge in [-0.15, -0.1) is 0 Å². The summed E-state index contributed by atoms with van der Waals surface area (Å²) >= 11 is 0. The second-order valence-electron chi connectivity index (χ2n) is 5.09. The van der Waals surface area contributed by atoms with E-state index in [9.17, 15) is 14.4 Å². The van der Waals surface area contributed by atoms with Gasteiger partial charge in [-0.05, 0) is 18.8 Å². The van der Waals surface area contributed by atoms with Crippen molar-refractivity contribution < 1.29 is 19.5 Å². The average Bonchev–Trinajstić information content (AvgIpc) is 3.15. The standard InChI is InChI=1S/C12H19N3O4/c16-10-3-5-14(6-4-13-10)12(19)15(8-11(17)18)7-9-1-2-9/h9H,1-8H2,(H,13,16)(H,17,18). The quantitative estimate of drug-likeness (QED) is 0.735. The van der Waals surface area contributed by atoms with Gasteiger partial charge in [0.2, 0.25) is 5.91 Å². The summed E-state index contributed by atoms with van der Waals surface area (Å²) in [5.74, 6) is -0.629. The number of aliphatic carboxylic acids is 1. The third kappa shape index (κ3) is 4.11. The molecule has 2 rings (SSSR count). The zero-order valence-electron chi connectivity index (χ0n) is 10.8. The molecule has 1 aliphatic carbocycles. The topological polar surface area (TPSA) is 89.9 Å². The van der Waals surface area contributed by atoms with Gasteiger partial charge in [0, 0.05) is 32.6 Å². The molecule has 1 aliphatic heterocycles. The SMILES string of the molecule is O=C(O)CN(CC1CC1)C(=O)N1CCNC(=O)CC1. The van der Waals surface area contributed by atoms with Crippen LogP contribution >= 0.6 is 0 Å². The van der Waals surface area contributed by atoms with E-state index in [2.05, 4.69) is 5.32 Å². The Kier molecular flexibility index (Phi) is 4.24. The van der Waals surface area contributed by atoms with Crippen molar-refractivity contribution in [3.8, 4) is 0 Å². The first-order valence-electron chi connectivity index (χ1n) is 6.58. The Hall–Kier alpha value is -1.79. The third-order valence-electron chi connectivity index (χ3n) is 3.36. The van der Waals surface area contributed by atoms with Crippen LogP contribution in [0.4, 0.5) is 4.79 Å². The van der Waals surface area contributed by atoms with Crippen LogP contribution in [-0.2, 0) is 9.59 Å². The molecule has 7 heteroatoms. The minimum Gasteiger partial charge on any atom is -0.480 e. The van der Waals surface area contributed by atoms with E-state index in [-0.39, 0.29) is 24.9 Å². The molecule has 1 saturated heterocycles. The van der Waals surface area contributed by atoms with Gasteiger partial charge in [-0.2, -0.15) is 0 Å². The zero-order chi connectivity index (χ0) is 13.8. The van der Waals surface area contributed by atoms with Crippen molar-refractivity contribution in [2.24, 2.45) is 5.92 Å². The van der Waals surface area contributed by atoms with Crippen LogP contribution in [0, 0.1) is 5.92 Å². The molecule has 2 fully saturated rings. The number of carbonyl (C=O) groups excluding carboxylic acids is 2. The second kappa shape index (κ2) is 5.90. The molecule has 19 heavy (non-hydrogen) atoms. The summed E-state index contributed by atoms with van der Waals surface area (Å²) in [6.45, 7) is 1.45. The number of hydrogen-bond acceptors (Lipinski definition) is 3. The molecule has 1 heterocycles. The minimum atomic E-state index is -1.00. The van der Waals surface area contributed by atoms with Gasteiger partial charge in [0.25, 0.3) is 0 Å². The normalized spacial score (nSPS) is 19.6. The highest BCUT2D eigenvalue weighted by Gasteiger charge is 2.30. The summed E-state index contributed by atoms with van der Waals surface area (Å²) in [5, 5.41) is 11.6. The summed E-state index contributed by atoms with van der Waals surface area (Å²) in [6, 6.07) is -0.272. The first-order chi connectivity index (χ1) is 9.06. The second-order valence-corrected chi connectivity index (χ2v) is 5.09. The Balaban J connectivity index is 1.95. The van der Waals surface area contributed by atoms with Crippen molar-refractivity contribution in [3.63, 3.8) is 0 Å². The molecule has 0 spiro atoms. The van der Waals surface area contributed by atoms with Gasteiger partial charge >= 0.3 is 12.0 Å². The lowest BCUT2D eigenvalue weighted by Crippen LogP contribution is -2.47. The lowest BCUT2D eigenvalue weighted by Gasteiger charge is -2.28. The van der Waals surface area contributed by atoms with Crippen molar-refractivity contribution in [2.75, 3.05) is 32.7 Å². The van der Waals surface area contributed by atoms with Crippen LogP contribution in [0.3, 0.4) is 0 Å². The molecule has 0 aromatic carbocycles. The molecule has 0 aromatic heterocycles. The number of hydrogen-bond donors (Lipinski definition) is 2. The van der Waals surface area contributed by atoms with E-state index in [1.54, 1.807) is 4.90 Å². The van der Waals surface area contributed by atoms with E-state index in [0.29, 0.717) is 32.1 Å². The van der Waals surface area contributed by atoms with Crippen LogP contribution in [-0.4, -0.2) is 65.5 Å². The van der Waals surface area contributed by atoms with Crippen molar-refractivity contribution in [1.82, 2.24) is 15.1 Å².